The van der Waals surface area contributed by atoms with E-state index >= 15 is 0 Å². The smallest absolute Gasteiger partial charge is 0.356 e. The molecule has 7 nitrogen and oxygen atoms in total. The van der Waals surface area contributed by atoms with Crippen LogP contribution in [0.3, 0.4) is 0 Å². The number of benzene rings is 1. The number of ether oxygens (including phenoxy) is 3. The number of rotatable bonds is 8. The first-order valence-corrected chi connectivity index (χ1v) is 9.62. The van der Waals surface area contributed by atoms with Crippen molar-refractivity contribution in [2.24, 2.45) is 5.92 Å². The first-order valence-electron chi connectivity index (χ1n) is 9.62. The van der Waals surface area contributed by atoms with Gasteiger partial charge in [-0.15, -0.1) is 0 Å². The molecule has 0 spiro atoms. The zero-order valence-electron chi connectivity index (χ0n) is 16.1. The molecule has 1 aliphatic heterocycles. The van der Waals surface area contributed by atoms with Crippen LogP contribution in [0.15, 0.2) is 42.9 Å². The van der Waals surface area contributed by atoms with Gasteiger partial charge >= 0.3 is 11.9 Å². The summed E-state index contributed by atoms with van der Waals surface area (Å²) in [5, 5.41) is 0. The van der Waals surface area contributed by atoms with Crippen molar-refractivity contribution < 1.29 is 23.8 Å². The molecule has 2 heterocycles. The molecule has 7 heteroatoms. The molecule has 0 unspecified atom stereocenters. The zero-order valence-corrected chi connectivity index (χ0v) is 16.1. The Labute approximate surface area is 164 Å². The highest BCUT2D eigenvalue weighted by Gasteiger charge is 2.19. The molecule has 0 radical (unpaired) electrons. The Kier molecular flexibility index (Phi) is 7.19. The van der Waals surface area contributed by atoms with Crippen molar-refractivity contribution in [3.8, 4) is 0 Å². The van der Waals surface area contributed by atoms with E-state index in [9.17, 15) is 9.59 Å². The minimum absolute atomic E-state index is 0.0175. The molecule has 3 rings (SSSR count). The molecule has 1 aromatic heterocycles. The summed E-state index contributed by atoms with van der Waals surface area (Å²) in [5.74, 6) is -0.503. The number of hydrogen-bond donors (Lipinski definition) is 0. The molecule has 0 saturated carbocycles. The summed E-state index contributed by atoms with van der Waals surface area (Å²) in [7, 11) is 0. The molecule has 1 fully saturated rings. The van der Waals surface area contributed by atoms with Gasteiger partial charge in [0.2, 0.25) is 0 Å². The van der Waals surface area contributed by atoms with E-state index in [4.69, 9.17) is 14.2 Å². The first-order chi connectivity index (χ1) is 13.6. The molecule has 0 aliphatic carbocycles. The molecule has 28 heavy (non-hydrogen) atoms. The molecule has 1 aromatic carbocycles. The van der Waals surface area contributed by atoms with E-state index in [0.717, 1.165) is 31.6 Å². The van der Waals surface area contributed by atoms with Crippen molar-refractivity contribution in [2.45, 2.75) is 32.2 Å². The minimum Gasteiger partial charge on any atom is -0.465 e. The number of carbonyl (C=O) groups is 2. The van der Waals surface area contributed by atoms with Crippen LogP contribution in [0, 0.1) is 5.92 Å². The monoisotopic (exact) mass is 386 g/mol. The highest BCUT2D eigenvalue weighted by molar-refractivity contribution is 5.87. The van der Waals surface area contributed by atoms with Gasteiger partial charge in [-0.1, -0.05) is 30.3 Å². The highest BCUT2D eigenvalue weighted by Crippen LogP contribution is 2.20. The van der Waals surface area contributed by atoms with Crippen molar-refractivity contribution in [3.05, 3.63) is 54.1 Å². The lowest BCUT2D eigenvalue weighted by atomic mass is 10.0. The van der Waals surface area contributed by atoms with Crippen molar-refractivity contribution >= 4 is 11.9 Å². The van der Waals surface area contributed by atoms with E-state index in [2.05, 4.69) is 4.98 Å². The van der Waals surface area contributed by atoms with E-state index in [-0.39, 0.29) is 25.0 Å². The van der Waals surface area contributed by atoms with E-state index in [1.165, 1.54) is 6.20 Å². The van der Waals surface area contributed by atoms with Crippen LogP contribution in [-0.4, -0.2) is 47.9 Å². The summed E-state index contributed by atoms with van der Waals surface area (Å²) in [5.41, 5.74) is 1.41. The molecular weight excluding hydrogens is 360 g/mol. The number of aromatic nitrogens is 2. The van der Waals surface area contributed by atoms with Gasteiger partial charge in [-0.2, -0.15) is 0 Å². The van der Waals surface area contributed by atoms with Crippen molar-refractivity contribution in [2.75, 3.05) is 26.4 Å². The first kappa shape index (κ1) is 20.1. The molecule has 1 aliphatic rings. The van der Waals surface area contributed by atoms with Gasteiger partial charge in [0.1, 0.15) is 12.3 Å². The number of carbonyl (C=O) groups excluding carboxylic acids is 2. The summed E-state index contributed by atoms with van der Waals surface area (Å²) in [6, 6.07) is 9.78. The summed E-state index contributed by atoms with van der Waals surface area (Å²) in [4.78, 5) is 28.3. The number of nitrogens with zero attached hydrogens (tertiary/aromatic N) is 2. The SMILES string of the molecule is C[C@H](c1ccccc1)n1cncc1C(=O)OCCC(=O)OCC1CCOCC1. The van der Waals surface area contributed by atoms with Crippen LogP contribution in [0.5, 0.6) is 0 Å². The van der Waals surface area contributed by atoms with Crippen LogP contribution in [0.4, 0.5) is 0 Å². The van der Waals surface area contributed by atoms with Gasteiger partial charge in [0, 0.05) is 13.2 Å². The fraction of sp³-hybridized carbons (Fsp3) is 0.476. The van der Waals surface area contributed by atoms with Gasteiger partial charge in [-0.05, 0) is 31.2 Å². The molecule has 1 saturated heterocycles. The lowest BCUT2D eigenvalue weighted by Gasteiger charge is -2.21. The van der Waals surface area contributed by atoms with E-state index < -0.39 is 5.97 Å². The third kappa shape index (κ3) is 5.42. The molecule has 0 bridgehead atoms. The molecule has 0 N–H and O–H groups in total. The zero-order chi connectivity index (χ0) is 19.8. The quantitative estimate of drug-likeness (QED) is 0.649. The van der Waals surface area contributed by atoms with Crippen LogP contribution in [0.25, 0.3) is 0 Å². The van der Waals surface area contributed by atoms with E-state index in [0.29, 0.717) is 18.2 Å². The molecule has 150 valence electrons. The predicted octanol–water partition coefficient (Wildman–Crippen LogP) is 3.01. The second-order valence-corrected chi connectivity index (χ2v) is 6.90. The minimum atomic E-state index is -0.502. The second kappa shape index (κ2) is 10.0. The van der Waals surface area contributed by atoms with Gasteiger partial charge in [0.05, 0.1) is 31.6 Å². The maximum Gasteiger partial charge on any atom is 0.356 e. The average Bonchev–Trinajstić information content (AvgIpc) is 3.23. The molecule has 2 aromatic rings. The maximum absolute atomic E-state index is 12.4. The van der Waals surface area contributed by atoms with E-state index in [1.54, 1.807) is 10.9 Å². The summed E-state index contributed by atoms with van der Waals surface area (Å²) in [6.45, 7) is 3.80. The van der Waals surface area contributed by atoms with Crippen LogP contribution >= 0.6 is 0 Å². The Bertz CT molecular complexity index is 768. The predicted molar refractivity (Wildman–Crippen MR) is 102 cm³/mol. The van der Waals surface area contributed by atoms with Gasteiger partial charge in [-0.3, -0.25) is 4.79 Å². The van der Waals surface area contributed by atoms with Crippen molar-refractivity contribution in [1.82, 2.24) is 9.55 Å². The van der Waals surface area contributed by atoms with Crippen LogP contribution in [-0.2, 0) is 19.0 Å². The lowest BCUT2D eigenvalue weighted by molar-refractivity contribution is -0.146. The van der Waals surface area contributed by atoms with Gasteiger partial charge in [-0.25, -0.2) is 9.78 Å². The Balaban J connectivity index is 1.45. The second-order valence-electron chi connectivity index (χ2n) is 6.90. The number of imidazole rings is 1. The summed E-state index contributed by atoms with van der Waals surface area (Å²) >= 11 is 0. The maximum atomic E-state index is 12.4. The van der Waals surface area contributed by atoms with Crippen molar-refractivity contribution in [1.29, 1.82) is 0 Å². The fourth-order valence-corrected chi connectivity index (χ4v) is 3.16. The highest BCUT2D eigenvalue weighted by atomic mass is 16.5. The summed E-state index contributed by atoms with van der Waals surface area (Å²) in [6.07, 6.45) is 4.94. The third-order valence-electron chi connectivity index (χ3n) is 4.93. The fourth-order valence-electron chi connectivity index (χ4n) is 3.16. The normalized spacial score (nSPS) is 15.8. The molecule has 0 amide bonds. The topological polar surface area (TPSA) is 79.7 Å². The van der Waals surface area contributed by atoms with Gasteiger partial charge in [0.25, 0.3) is 0 Å². The summed E-state index contributed by atoms with van der Waals surface area (Å²) < 4.78 is 17.6. The van der Waals surface area contributed by atoms with Gasteiger partial charge in [0.15, 0.2) is 0 Å². The van der Waals surface area contributed by atoms with Crippen LogP contribution in [0.2, 0.25) is 0 Å². The van der Waals surface area contributed by atoms with Crippen LogP contribution < -0.4 is 0 Å². The standard InChI is InChI=1S/C21H26N2O5/c1-16(18-5-3-2-4-6-18)23-15-22-13-19(23)21(25)27-12-9-20(24)28-14-17-7-10-26-11-8-17/h2-6,13,15-17H,7-12,14H2,1H3/t16-/m1/s1. The Morgan fingerprint density at radius 2 is 1.96 bits per heavy atom. The lowest BCUT2D eigenvalue weighted by Crippen LogP contribution is -2.22. The van der Waals surface area contributed by atoms with E-state index in [1.807, 2.05) is 37.3 Å². The van der Waals surface area contributed by atoms with Crippen LogP contribution in [0.1, 0.15) is 48.3 Å². The number of esters is 2. The Morgan fingerprint density at radius 3 is 2.71 bits per heavy atom. The Morgan fingerprint density at radius 1 is 1.21 bits per heavy atom. The van der Waals surface area contributed by atoms with Crippen molar-refractivity contribution in [3.63, 3.8) is 0 Å². The molecular formula is C21H26N2O5. The molecule has 1 atom stereocenters. The third-order valence-corrected chi connectivity index (χ3v) is 4.93. The number of hydrogen-bond acceptors (Lipinski definition) is 6. The Hall–Kier alpha value is -2.67. The average molecular weight is 386 g/mol. The largest absolute Gasteiger partial charge is 0.465 e. The van der Waals surface area contributed by atoms with Gasteiger partial charge < -0.3 is 18.8 Å².